The third kappa shape index (κ3) is 2.51. The van der Waals surface area contributed by atoms with Crippen LogP contribution in [0.25, 0.3) is 11.4 Å². The first kappa shape index (κ1) is 12.6. The Labute approximate surface area is 108 Å². The molecule has 1 aromatic carbocycles. The van der Waals surface area contributed by atoms with E-state index in [1.165, 1.54) is 4.57 Å². The Hall–Kier alpha value is -1.88. The standard InChI is InChI=1S/C12H12ClN3O2/c1-2-10(17)7-16-11(14-15-12(16)18)8-3-5-9(13)6-4-8/h3-6H,2,7H2,1H3,(H,15,18). The van der Waals surface area contributed by atoms with E-state index in [0.29, 0.717) is 17.3 Å². The molecule has 0 amide bonds. The fourth-order valence-corrected chi connectivity index (χ4v) is 1.70. The summed E-state index contributed by atoms with van der Waals surface area (Å²) >= 11 is 5.80. The van der Waals surface area contributed by atoms with E-state index in [2.05, 4.69) is 10.2 Å². The van der Waals surface area contributed by atoms with Gasteiger partial charge in [0.25, 0.3) is 0 Å². The second-order valence-electron chi connectivity index (χ2n) is 3.84. The van der Waals surface area contributed by atoms with Crippen molar-refractivity contribution >= 4 is 17.4 Å². The van der Waals surface area contributed by atoms with Crippen LogP contribution in [-0.2, 0) is 11.3 Å². The fraction of sp³-hybridized carbons (Fsp3) is 0.250. The van der Waals surface area contributed by atoms with Gasteiger partial charge in [-0.1, -0.05) is 18.5 Å². The molecule has 0 aliphatic rings. The molecule has 0 saturated carbocycles. The molecule has 0 atom stereocenters. The minimum absolute atomic E-state index is 0.0197. The van der Waals surface area contributed by atoms with E-state index < -0.39 is 0 Å². The summed E-state index contributed by atoms with van der Waals surface area (Å²) in [6, 6.07) is 6.93. The first-order valence-electron chi connectivity index (χ1n) is 5.54. The second-order valence-corrected chi connectivity index (χ2v) is 4.27. The molecule has 2 aromatic rings. The number of ketones is 1. The van der Waals surface area contributed by atoms with Gasteiger partial charge in [-0.2, -0.15) is 5.10 Å². The highest BCUT2D eigenvalue weighted by atomic mass is 35.5. The number of carbonyl (C=O) groups is 1. The molecule has 94 valence electrons. The number of halogens is 1. The number of hydrogen-bond donors (Lipinski definition) is 1. The maximum atomic E-state index is 11.6. The summed E-state index contributed by atoms with van der Waals surface area (Å²) in [4.78, 5) is 23.0. The van der Waals surface area contributed by atoms with Gasteiger partial charge >= 0.3 is 5.69 Å². The van der Waals surface area contributed by atoms with Crippen molar-refractivity contribution in [1.29, 1.82) is 0 Å². The molecular weight excluding hydrogens is 254 g/mol. The van der Waals surface area contributed by atoms with Crippen molar-refractivity contribution in [2.45, 2.75) is 19.9 Å². The Balaban J connectivity index is 2.42. The van der Waals surface area contributed by atoms with Crippen molar-refractivity contribution in [1.82, 2.24) is 14.8 Å². The van der Waals surface area contributed by atoms with Gasteiger partial charge in [0.1, 0.15) is 0 Å². The molecule has 18 heavy (non-hydrogen) atoms. The van der Waals surface area contributed by atoms with Crippen molar-refractivity contribution in [2.75, 3.05) is 0 Å². The van der Waals surface area contributed by atoms with Gasteiger partial charge in [0.2, 0.25) is 0 Å². The zero-order valence-electron chi connectivity index (χ0n) is 9.81. The van der Waals surface area contributed by atoms with E-state index in [0.717, 1.165) is 5.56 Å². The molecular formula is C12H12ClN3O2. The maximum absolute atomic E-state index is 11.6. The average Bonchev–Trinajstić information content (AvgIpc) is 2.72. The molecule has 0 spiro atoms. The third-order valence-electron chi connectivity index (χ3n) is 2.59. The van der Waals surface area contributed by atoms with E-state index in [-0.39, 0.29) is 18.0 Å². The van der Waals surface area contributed by atoms with E-state index in [4.69, 9.17) is 11.6 Å². The number of benzene rings is 1. The van der Waals surface area contributed by atoms with Gasteiger partial charge in [-0.05, 0) is 24.3 Å². The first-order chi connectivity index (χ1) is 8.61. The summed E-state index contributed by atoms with van der Waals surface area (Å²) in [5, 5.41) is 6.89. The summed E-state index contributed by atoms with van der Waals surface area (Å²) in [6.45, 7) is 1.79. The summed E-state index contributed by atoms with van der Waals surface area (Å²) < 4.78 is 1.33. The van der Waals surface area contributed by atoms with Gasteiger partial charge in [0.15, 0.2) is 11.6 Å². The molecule has 0 fully saturated rings. The maximum Gasteiger partial charge on any atom is 0.343 e. The van der Waals surface area contributed by atoms with Crippen LogP contribution in [-0.4, -0.2) is 20.5 Å². The number of aromatic amines is 1. The number of hydrogen-bond acceptors (Lipinski definition) is 3. The van der Waals surface area contributed by atoms with Gasteiger partial charge in [0.05, 0.1) is 6.54 Å². The van der Waals surface area contributed by atoms with E-state index >= 15 is 0 Å². The number of aromatic nitrogens is 3. The molecule has 1 N–H and O–H groups in total. The number of carbonyl (C=O) groups excluding carboxylic acids is 1. The molecule has 0 unspecified atom stereocenters. The molecule has 0 aliphatic carbocycles. The van der Waals surface area contributed by atoms with Gasteiger partial charge < -0.3 is 0 Å². The molecule has 0 saturated heterocycles. The zero-order valence-corrected chi connectivity index (χ0v) is 10.6. The molecule has 5 nitrogen and oxygen atoms in total. The lowest BCUT2D eigenvalue weighted by molar-refractivity contribution is -0.119. The van der Waals surface area contributed by atoms with Crippen molar-refractivity contribution < 1.29 is 4.79 Å². The fourth-order valence-electron chi connectivity index (χ4n) is 1.57. The number of rotatable bonds is 4. The van der Waals surface area contributed by atoms with E-state index in [1.54, 1.807) is 31.2 Å². The monoisotopic (exact) mass is 265 g/mol. The van der Waals surface area contributed by atoms with Gasteiger partial charge in [-0.25, -0.2) is 9.89 Å². The van der Waals surface area contributed by atoms with E-state index in [9.17, 15) is 9.59 Å². The van der Waals surface area contributed by atoms with Crippen LogP contribution >= 0.6 is 11.6 Å². The Morgan fingerprint density at radius 1 is 1.39 bits per heavy atom. The SMILES string of the molecule is CCC(=O)Cn1c(-c2ccc(Cl)cc2)n[nH]c1=O. The normalized spacial score (nSPS) is 10.6. The minimum Gasteiger partial charge on any atom is -0.298 e. The van der Waals surface area contributed by atoms with Crippen LogP contribution in [0.2, 0.25) is 5.02 Å². The number of nitrogens with zero attached hydrogens (tertiary/aromatic N) is 2. The Morgan fingerprint density at radius 3 is 2.67 bits per heavy atom. The largest absolute Gasteiger partial charge is 0.343 e. The minimum atomic E-state index is -0.387. The van der Waals surface area contributed by atoms with Crippen molar-refractivity contribution in [3.8, 4) is 11.4 Å². The van der Waals surface area contributed by atoms with Crippen LogP contribution in [0.5, 0.6) is 0 Å². The highest BCUT2D eigenvalue weighted by molar-refractivity contribution is 6.30. The van der Waals surface area contributed by atoms with Crippen LogP contribution in [0.4, 0.5) is 0 Å². The van der Waals surface area contributed by atoms with Crippen LogP contribution in [0, 0.1) is 0 Å². The summed E-state index contributed by atoms with van der Waals surface area (Å²) in [7, 11) is 0. The number of H-pyrrole nitrogens is 1. The highest BCUT2D eigenvalue weighted by Gasteiger charge is 2.12. The molecule has 6 heteroatoms. The summed E-state index contributed by atoms with van der Waals surface area (Å²) in [5.41, 5.74) is 0.350. The topological polar surface area (TPSA) is 67.8 Å². The Morgan fingerprint density at radius 2 is 2.06 bits per heavy atom. The number of Topliss-reactive ketones (excluding diaryl/α,β-unsaturated/α-hetero) is 1. The van der Waals surface area contributed by atoms with Crippen LogP contribution in [0.1, 0.15) is 13.3 Å². The summed E-state index contributed by atoms with van der Waals surface area (Å²) in [6.07, 6.45) is 0.387. The predicted octanol–water partition coefficient (Wildman–Crippen LogP) is 1.87. The lowest BCUT2D eigenvalue weighted by Crippen LogP contribution is -2.22. The van der Waals surface area contributed by atoms with Crippen LogP contribution < -0.4 is 5.69 Å². The van der Waals surface area contributed by atoms with Gasteiger partial charge in [-0.15, -0.1) is 0 Å². The van der Waals surface area contributed by atoms with Gasteiger partial charge in [-0.3, -0.25) is 9.36 Å². The van der Waals surface area contributed by atoms with Crippen LogP contribution in [0.15, 0.2) is 29.1 Å². The lowest BCUT2D eigenvalue weighted by Gasteiger charge is -2.04. The highest BCUT2D eigenvalue weighted by Crippen LogP contribution is 2.18. The van der Waals surface area contributed by atoms with Crippen molar-refractivity contribution in [3.63, 3.8) is 0 Å². The molecule has 0 aliphatic heterocycles. The van der Waals surface area contributed by atoms with E-state index in [1.807, 2.05) is 0 Å². The average molecular weight is 266 g/mol. The Kier molecular flexibility index (Phi) is 3.62. The van der Waals surface area contributed by atoms with Crippen LogP contribution in [0.3, 0.4) is 0 Å². The molecule has 1 aromatic heterocycles. The van der Waals surface area contributed by atoms with Gasteiger partial charge in [0, 0.05) is 17.0 Å². The van der Waals surface area contributed by atoms with Crippen molar-refractivity contribution in [3.05, 3.63) is 39.8 Å². The molecule has 0 bridgehead atoms. The second kappa shape index (κ2) is 5.18. The zero-order chi connectivity index (χ0) is 13.1. The number of nitrogens with one attached hydrogen (secondary N) is 1. The first-order valence-corrected chi connectivity index (χ1v) is 5.92. The molecule has 0 radical (unpaired) electrons. The van der Waals surface area contributed by atoms with Crippen molar-refractivity contribution in [2.24, 2.45) is 0 Å². The lowest BCUT2D eigenvalue weighted by atomic mass is 10.2. The molecule has 1 heterocycles. The quantitative estimate of drug-likeness (QED) is 0.918. The smallest absolute Gasteiger partial charge is 0.298 e. The summed E-state index contributed by atoms with van der Waals surface area (Å²) in [5.74, 6) is 0.423. The predicted molar refractivity (Wildman–Crippen MR) is 68.6 cm³/mol. The third-order valence-corrected chi connectivity index (χ3v) is 2.84. The molecule has 2 rings (SSSR count). The Bertz CT molecular complexity index is 613.